The highest BCUT2D eigenvalue weighted by Gasteiger charge is 2.27. The zero-order chi connectivity index (χ0) is 18.1. The van der Waals surface area contributed by atoms with Crippen LogP contribution < -0.4 is 19.8 Å². The van der Waals surface area contributed by atoms with E-state index in [0.29, 0.717) is 12.4 Å². The third-order valence-corrected chi connectivity index (χ3v) is 4.82. The Morgan fingerprint density at radius 1 is 1.31 bits per heavy atom. The number of ether oxygens (including phenoxy) is 3. The predicted octanol–water partition coefficient (Wildman–Crippen LogP) is 2.20. The molecule has 0 radical (unpaired) electrons. The SMILES string of the molecule is CCOc1cc2c(cc1CN1CCC(c3cc(=O)[nH]c(C)n3)C1)OCO2. The van der Waals surface area contributed by atoms with E-state index in [-0.39, 0.29) is 18.3 Å². The Morgan fingerprint density at radius 2 is 2.12 bits per heavy atom. The molecule has 26 heavy (non-hydrogen) atoms. The summed E-state index contributed by atoms with van der Waals surface area (Å²) < 4.78 is 16.8. The minimum atomic E-state index is -0.0830. The molecule has 2 aliphatic rings. The number of H-pyrrole nitrogens is 1. The van der Waals surface area contributed by atoms with Gasteiger partial charge in [0.2, 0.25) is 6.79 Å². The Balaban J connectivity index is 1.51. The maximum Gasteiger partial charge on any atom is 0.251 e. The molecule has 1 unspecified atom stereocenters. The lowest BCUT2D eigenvalue weighted by atomic mass is 10.0. The van der Waals surface area contributed by atoms with Crippen molar-refractivity contribution in [2.24, 2.45) is 0 Å². The van der Waals surface area contributed by atoms with Crippen LogP contribution in [0.4, 0.5) is 0 Å². The molecule has 0 bridgehead atoms. The molecular weight excluding hydrogens is 334 g/mol. The van der Waals surface area contributed by atoms with Crippen LogP contribution in [0.3, 0.4) is 0 Å². The van der Waals surface area contributed by atoms with Crippen LogP contribution in [0.1, 0.15) is 36.3 Å². The Morgan fingerprint density at radius 3 is 2.88 bits per heavy atom. The molecule has 2 aromatic rings. The lowest BCUT2D eigenvalue weighted by molar-refractivity contribution is 0.173. The van der Waals surface area contributed by atoms with Gasteiger partial charge in [-0.25, -0.2) is 4.98 Å². The first kappa shape index (κ1) is 16.9. The predicted molar refractivity (Wildman–Crippen MR) is 96.0 cm³/mol. The summed E-state index contributed by atoms with van der Waals surface area (Å²) in [6.45, 7) is 7.24. The number of aromatic amines is 1. The van der Waals surface area contributed by atoms with E-state index in [2.05, 4.69) is 14.9 Å². The number of likely N-dealkylation sites (tertiary alicyclic amines) is 1. The lowest BCUT2D eigenvalue weighted by Crippen LogP contribution is -2.21. The number of rotatable bonds is 5. The summed E-state index contributed by atoms with van der Waals surface area (Å²) in [5.41, 5.74) is 1.89. The molecule has 3 heterocycles. The van der Waals surface area contributed by atoms with E-state index in [0.717, 1.165) is 54.6 Å². The first-order valence-electron chi connectivity index (χ1n) is 8.98. The van der Waals surface area contributed by atoms with E-state index in [9.17, 15) is 4.79 Å². The Labute approximate surface area is 151 Å². The summed E-state index contributed by atoms with van der Waals surface area (Å²) in [7, 11) is 0. The number of hydrogen-bond acceptors (Lipinski definition) is 6. The second-order valence-corrected chi connectivity index (χ2v) is 6.72. The van der Waals surface area contributed by atoms with Crippen LogP contribution in [0.5, 0.6) is 17.2 Å². The van der Waals surface area contributed by atoms with E-state index < -0.39 is 0 Å². The second kappa shape index (κ2) is 6.99. The number of aromatic nitrogens is 2. The third-order valence-electron chi connectivity index (χ3n) is 4.82. The normalized spacial score (nSPS) is 19.1. The van der Waals surface area contributed by atoms with Crippen LogP contribution in [0.15, 0.2) is 23.0 Å². The quantitative estimate of drug-likeness (QED) is 0.884. The van der Waals surface area contributed by atoms with Crippen LogP contribution in [0.25, 0.3) is 0 Å². The molecular formula is C19H23N3O4. The topological polar surface area (TPSA) is 76.7 Å². The summed E-state index contributed by atoms with van der Waals surface area (Å²) in [6, 6.07) is 5.54. The van der Waals surface area contributed by atoms with E-state index in [1.54, 1.807) is 6.07 Å². The summed E-state index contributed by atoms with van der Waals surface area (Å²) in [5, 5.41) is 0. The molecule has 1 saturated heterocycles. The van der Waals surface area contributed by atoms with Gasteiger partial charge < -0.3 is 19.2 Å². The number of hydrogen-bond donors (Lipinski definition) is 1. The molecule has 2 aliphatic heterocycles. The lowest BCUT2D eigenvalue weighted by Gasteiger charge is -2.19. The second-order valence-electron chi connectivity index (χ2n) is 6.72. The molecule has 0 saturated carbocycles. The zero-order valence-corrected chi connectivity index (χ0v) is 15.1. The Hall–Kier alpha value is -2.54. The van der Waals surface area contributed by atoms with Gasteiger partial charge in [-0.2, -0.15) is 0 Å². The van der Waals surface area contributed by atoms with Crippen molar-refractivity contribution in [3.63, 3.8) is 0 Å². The number of nitrogens with zero attached hydrogens (tertiary/aromatic N) is 2. The van der Waals surface area contributed by atoms with Crippen molar-refractivity contribution >= 4 is 0 Å². The summed E-state index contributed by atoms with van der Waals surface area (Å²) >= 11 is 0. The fourth-order valence-corrected chi connectivity index (χ4v) is 3.65. The monoisotopic (exact) mass is 357 g/mol. The van der Waals surface area contributed by atoms with Crippen molar-refractivity contribution in [1.82, 2.24) is 14.9 Å². The minimum Gasteiger partial charge on any atom is -0.493 e. The largest absolute Gasteiger partial charge is 0.493 e. The molecule has 0 amide bonds. The number of fused-ring (bicyclic) bond motifs is 1. The molecule has 1 fully saturated rings. The van der Waals surface area contributed by atoms with Gasteiger partial charge in [-0.3, -0.25) is 9.69 Å². The highest BCUT2D eigenvalue weighted by Crippen LogP contribution is 2.39. The molecule has 1 atom stereocenters. The molecule has 7 nitrogen and oxygen atoms in total. The third kappa shape index (κ3) is 3.39. The van der Waals surface area contributed by atoms with Crippen LogP contribution in [0.2, 0.25) is 0 Å². The summed E-state index contributed by atoms with van der Waals surface area (Å²) in [5.74, 6) is 3.29. The highest BCUT2D eigenvalue weighted by molar-refractivity contribution is 5.51. The van der Waals surface area contributed by atoms with Crippen molar-refractivity contribution in [2.45, 2.75) is 32.7 Å². The molecule has 7 heteroatoms. The van der Waals surface area contributed by atoms with E-state index >= 15 is 0 Å². The van der Waals surface area contributed by atoms with Gasteiger partial charge in [-0.15, -0.1) is 0 Å². The maximum absolute atomic E-state index is 11.7. The molecule has 1 N–H and O–H groups in total. The number of aryl methyl sites for hydroxylation is 1. The van der Waals surface area contributed by atoms with Crippen molar-refractivity contribution in [3.8, 4) is 17.2 Å². The van der Waals surface area contributed by atoms with Crippen LogP contribution >= 0.6 is 0 Å². The number of benzene rings is 1. The summed E-state index contributed by atoms with van der Waals surface area (Å²) in [4.78, 5) is 21.3. The van der Waals surface area contributed by atoms with Gasteiger partial charge in [-0.1, -0.05) is 0 Å². The van der Waals surface area contributed by atoms with Gasteiger partial charge >= 0.3 is 0 Å². The summed E-state index contributed by atoms with van der Waals surface area (Å²) in [6.07, 6.45) is 0.990. The highest BCUT2D eigenvalue weighted by atomic mass is 16.7. The van der Waals surface area contributed by atoms with Gasteiger partial charge in [-0.05, 0) is 32.9 Å². The van der Waals surface area contributed by atoms with Crippen molar-refractivity contribution in [3.05, 3.63) is 45.6 Å². The smallest absolute Gasteiger partial charge is 0.251 e. The molecule has 4 rings (SSSR count). The first-order valence-corrected chi connectivity index (χ1v) is 8.98. The van der Waals surface area contributed by atoms with Crippen molar-refractivity contribution < 1.29 is 14.2 Å². The fourth-order valence-electron chi connectivity index (χ4n) is 3.65. The minimum absolute atomic E-state index is 0.0830. The van der Waals surface area contributed by atoms with Gasteiger partial charge in [0.25, 0.3) is 5.56 Å². The zero-order valence-electron chi connectivity index (χ0n) is 15.1. The Bertz CT molecular complexity index is 864. The van der Waals surface area contributed by atoms with Crippen molar-refractivity contribution in [1.29, 1.82) is 0 Å². The van der Waals surface area contributed by atoms with E-state index in [4.69, 9.17) is 14.2 Å². The van der Waals surface area contributed by atoms with Crippen LogP contribution in [0, 0.1) is 6.92 Å². The fraction of sp³-hybridized carbons (Fsp3) is 0.474. The van der Waals surface area contributed by atoms with Gasteiger partial charge in [0, 0.05) is 36.7 Å². The van der Waals surface area contributed by atoms with E-state index in [1.165, 1.54) is 0 Å². The molecule has 0 aliphatic carbocycles. The average molecular weight is 357 g/mol. The average Bonchev–Trinajstić information content (AvgIpc) is 3.23. The maximum atomic E-state index is 11.7. The van der Waals surface area contributed by atoms with Crippen LogP contribution in [-0.2, 0) is 6.54 Å². The van der Waals surface area contributed by atoms with Crippen molar-refractivity contribution in [2.75, 3.05) is 26.5 Å². The Kier molecular flexibility index (Phi) is 4.55. The number of nitrogens with one attached hydrogen (secondary N) is 1. The van der Waals surface area contributed by atoms with Gasteiger partial charge in [0.05, 0.1) is 12.3 Å². The van der Waals surface area contributed by atoms with Gasteiger partial charge in [0.15, 0.2) is 11.5 Å². The molecule has 138 valence electrons. The molecule has 1 aromatic carbocycles. The standard InChI is InChI=1S/C19H23N3O4/c1-3-24-16-8-18-17(25-11-26-18)6-14(16)10-22-5-4-13(9-22)15-7-19(23)21-12(2)20-15/h6-8,13H,3-5,9-11H2,1-2H3,(H,20,21,23). The van der Waals surface area contributed by atoms with Gasteiger partial charge in [0.1, 0.15) is 11.6 Å². The molecule has 1 aromatic heterocycles. The molecule has 0 spiro atoms. The van der Waals surface area contributed by atoms with Crippen LogP contribution in [-0.4, -0.2) is 41.4 Å². The first-order chi connectivity index (χ1) is 12.6. The van der Waals surface area contributed by atoms with E-state index in [1.807, 2.05) is 26.0 Å².